The molecule has 100 valence electrons. The number of hydrogen-bond acceptors (Lipinski definition) is 5. The number of anilines is 1. The average Bonchev–Trinajstić information content (AvgIpc) is 2.29. The maximum atomic E-state index is 12.2. The number of ether oxygens (including phenoxy) is 1. The summed E-state index contributed by atoms with van der Waals surface area (Å²) in [6.07, 6.45) is -0.258. The van der Waals surface area contributed by atoms with Gasteiger partial charge in [0.15, 0.2) is 9.84 Å². The van der Waals surface area contributed by atoms with Crippen molar-refractivity contribution >= 4 is 15.5 Å². The van der Waals surface area contributed by atoms with Crippen LogP contribution in [0.5, 0.6) is 0 Å². The first-order valence-corrected chi connectivity index (χ1v) is 7.51. The highest BCUT2D eigenvalue weighted by Crippen LogP contribution is 2.16. The average molecular weight is 270 g/mol. The molecule has 0 bridgehead atoms. The van der Waals surface area contributed by atoms with Gasteiger partial charge in [-0.05, 0) is 31.3 Å². The molecule has 0 aliphatic carbocycles. The minimum absolute atomic E-state index is 0.0151. The van der Waals surface area contributed by atoms with Crippen molar-refractivity contribution in [3.63, 3.8) is 0 Å². The maximum absolute atomic E-state index is 12.2. The van der Waals surface area contributed by atoms with Crippen LogP contribution in [0.4, 0.5) is 5.69 Å². The van der Waals surface area contributed by atoms with Crippen LogP contribution in [0, 0.1) is 0 Å². The molecule has 0 radical (unpaired) electrons. The van der Waals surface area contributed by atoms with Gasteiger partial charge in [0.05, 0.1) is 23.4 Å². The first-order valence-electron chi connectivity index (χ1n) is 5.86. The first kappa shape index (κ1) is 13.3. The quantitative estimate of drug-likeness (QED) is 0.804. The largest absolute Gasteiger partial charge is 0.399 e. The topological polar surface area (TPSA) is 72.6 Å². The van der Waals surface area contributed by atoms with Crippen molar-refractivity contribution < 1.29 is 13.2 Å². The van der Waals surface area contributed by atoms with E-state index in [0.29, 0.717) is 23.7 Å². The van der Waals surface area contributed by atoms with E-state index in [1.807, 2.05) is 7.05 Å². The molecule has 0 saturated carbocycles. The summed E-state index contributed by atoms with van der Waals surface area (Å²) in [5.74, 6) is 0.0151. The van der Waals surface area contributed by atoms with Crippen molar-refractivity contribution in [2.24, 2.45) is 0 Å². The summed E-state index contributed by atoms with van der Waals surface area (Å²) in [4.78, 5) is 2.38. The van der Waals surface area contributed by atoms with E-state index in [0.717, 1.165) is 6.54 Å². The molecule has 0 spiro atoms. The van der Waals surface area contributed by atoms with E-state index in [1.54, 1.807) is 12.1 Å². The molecule has 1 aromatic rings. The Balaban J connectivity index is 2.09. The minimum atomic E-state index is -3.31. The lowest BCUT2D eigenvalue weighted by molar-refractivity contribution is -0.00680. The van der Waals surface area contributed by atoms with Crippen molar-refractivity contribution in [1.29, 1.82) is 0 Å². The molecule has 0 aromatic heterocycles. The van der Waals surface area contributed by atoms with Gasteiger partial charge in [0.1, 0.15) is 0 Å². The highest BCUT2D eigenvalue weighted by Gasteiger charge is 2.25. The van der Waals surface area contributed by atoms with Crippen LogP contribution in [0.1, 0.15) is 0 Å². The van der Waals surface area contributed by atoms with Gasteiger partial charge in [0.25, 0.3) is 0 Å². The zero-order valence-corrected chi connectivity index (χ0v) is 11.2. The molecule has 1 saturated heterocycles. The van der Waals surface area contributed by atoms with Crippen LogP contribution in [-0.2, 0) is 14.6 Å². The Labute approximate surface area is 107 Å². The number of hydrogen-bond donors (Lipinski definition) is 1. The van der Waals surface area contributed by atoms with Gasteiger partial charge >= 0.3 is 0 Å². The Morgan fingerprint density at radius 3 is 2.67 bits per heavy atom. The van der Waals surface area contributed by atoms with Gasteiger partial charge in [-0.1, -0.05) is 0 Å². The zero-order chi connectivity index (χ0) is 13.2. The van der Waals surface area contributed by atoms with Gasteiger partial charge < -0.3 is 15.4 Å². The first-order chi connectivity index (χ1) is 8.47. The molecule has 1 atom stereocenters. The molecular weight excluding hydrogens is 252 g/mol. The van der Waals surface area contributed by atoms with Gasteiger partial charge in [-0.25, -0.2) is 8.42 Å². The summed E-state index contributed by atoms with van der Waals surface area (Å²) in [7, 11) is -1.34. The Hall–Kier alpha value is -1.11. The molecule has 1 aliphatic rings. The molecule has 5 nitrogen and oxygen atoms in total. The van der Waals surface area contributed by atoms with Gasteiger partial charge in [0, 0.05) is 18.8 Å². The van der Waals surface area contributed by atoms with Crippen molar-refractivity contribution in [3.05, 3.63) is 24.3 Å². The highest BCUT2D eigenvalue weighted by molar-refractivity contribution is 7.91. The van der Waals surface area contributed by atoms with Crippen molar-refractivity contribution in [2.45, 2.75) is 11.0 Å². The molecule has 2 N–H and O–H groups in total. The maximum Gasteiger partial charge on any atom is 0.180 e. The monoisotopic (exact) mass is 270 g/mol. The van der Waals surface area contributed by atoms with Crippen LogP contribution < -0.4 is 5.73 Å². The van der Waals surface area contributed by atoms with Gasteiger partial charge in [-0.2, -0.15) is 0 Å². The Morgan fingerprint density at radius 2 is 2.06 bits per heavy atom. The number of sulfone groups is 1. The van der Waals surface area contributed by atoms with Crippen molar-refractivity contribution in [1.82, 2.24) is 4.90 Å². The van der Waals surface area contributed by atoms with Gasteiger partial charge in [0.2, 0.25) is 0 Å². The van der Waals surface area contributed by atoms with Crippen LogP contribution in [0.15, 0.2) is 29.2 Å². The van der Waals surface area contributed by atoms with Crippen LogP contribution in [-0.4, -0.2) is 51.9 Å². The van der Waals surface area contributed by atoms with E-state index >= 15 is 0 Å². The molecule has 2 rings (SSSR count). The molecule has 1 unspecified atom stereocenters. The third kappa shape index (κ3) is 3.22. The van der Waals surface area contributed by atoms with Gasteiger partial charge in [-0.15, -0.1) is 0 Å². The molecule has 6 heteroatoms. The molecule has 1 aliphatic heterocycles. The lowest BCUT2D eigenvalue weighted by Gasteiger charge is -2.29. The van der Waals surface area contributed by atoms with E-state index < -0.39 is 9.84 Å². The standard InChI is InChI=1S/C12H18N2O3S/c1-14-6-7-17-11(8-14)9-18(15,16)12-4-2-10(13)3-5-12/h2-5,11H,6-9,13H2,1H3. The van der Waals surface area contributed by atoms with Crippen LogP contribution in [0.3, 0.4) is 0 Å². The van der Waals surface area contributed by atoms with Crippen molar-refractivity contribution in [2.75, 3.05) is 38.2 Å². The second kappa shape index (κ2) is 5.26. The van der Waals surface area contributed by atoms with Gasteiger partial charge in [-0.3, -0.25) is 0 Å². The minimum Gasteiger partial charge on any atom is -0.399 e. The smallest absolute Gasteiger partial charge is 0.180 e. The number of benzene rings is 1. The van der Waals surface area contributed by atoms with Crippen LogP contribution >= 0.6 is 0 Å². The number of nitrogens with zero attached hydrogens (tertiary/aromatic N) is 1. The summed E-state index contributed by atoms with van der Waals surface area (Å²) >= 11 is 0. The Morgan fingerprint density at radius 1 is 1.39 bits per heavy atom. The van der Waals surface area contributed by atoms with E-state index in [2.05, 4.69) is 4.90 Å². The van der Waals surface area contributed by atoms with E-state index in [-0.39, 0.29) is 11.9 Å². The molecule has 1 aromatic carbocycles. The Kier molecular flexibility index (Phi) is 3.89. The predicted molar refractivity (Wildman–Crippen MR) is 70.1 cm³/mol. The fourth-order valence-corrected chi connectivity index (χ4v) is 3.42. The number of rotatable bonds is 3. The zero-order valence-electron chi connectivity index (χ0n) is 10.4. The van der Waals surface area contributed by atoms with E-state index in [1.165, 1.54) is 12.1 Å². The van der Waals surface area contributed by atoms with E-state index in [4.69, 9.17) is 10.5 Å². The molecule has 18 heavy (non-hydrogen) atoms. The summed E-state index contributed by atoms with van der Waals surface area (Å²) in [5, 5.41) is 0. The normalized spacial score (nSPS) is 21.9. The molecule has 1 heterocycles. The SMILES string of the molecule is CN1CCOC(CS(=O)(=O)c2ccc(N)cc2)C1. The fourth-order valence-electron chi connectivity index (χ4n) is 1.98. The lowest BCUT2D eigenvalue weighted by Crippen LogP contribution is -2.43. The second-order valence-electron chi connectivity index (χ2n) is 4.61. The number of morpholine rings is 1. The second-order valence-corrected chi connectivity index (χ2v) is 6.64. The fraction of sp³-hybridized carbons (Fsp3) is 0.500. The van der Waals surface area contributed by atoms with Crippen LogP contribution in [0.25, 0.3) is 0 Å². The van der Waals surface area contributed by atoms with Crippen molar-refractivity contribution in [3.8, 4) is 0 Å². The lowest BCUT2D eigenvalue weighted by atomic mass is 10.3. The summed E-state index contributed by atoms with van der Waals surface area (Å²) in [6, 6.07) is 6.27. The predicted octanol–water partition coefficient (Wildman–Crippen LogP) is 0.373. The third-order valence-electron chi connectivity index (χ3n) is 2.99. The van der Waals surface area contributed by atoms with Crippen LogP contribution in [0.2, 0.25) is 0 Å². The van der Waals surface area contributed by atoms with E-state index in [9.17, 15) is 8.42 Å². The summed E-state index contributed by atoms with van der Waals surface area (Å²) in [6.45, 7) is 2.07. The third-order valence-corrected chi connectivity index (χ3v) is 4.79. The molecular formula is C12H18N2O3S. The molecule has 0 amide bonds. The molecule has 1 fully saturated rings. The summed E-state index contributed by atoms with van der Waals surface area (Å²) < 4.78 is 29.8. The number of nitrogen functional groups attached to an aromatic ring is 1. The Bertz CT molecular complexity index is 499. The summed E-state index contributed by atoms with van der Waals surface area (Å²) in [5.41, 5.74) is 6.10. The highest BCUT2D eigenvalue weighted by atomic mass is 32.2. The number of nitrogens with two attached hydrogens (primary N) is 1. The number of likely N-dealkylation sites (N-methyl/N-ethyl adjacent to an activating group) is 1.